The van der Waals surface area contributed by atoms with Crippen molar-refractivity contribution < 1.29 is 4.79 Å². The number of primary amides is 1. The molecule has 1 unspecified atom stereocenters. The predicted molar refractivity (Wildman–Crippen MR) is 90.9 cm³/mol. The molecular formula is C17H21N3OS. The summed E-state index contributed by atoms with van der Waals surface area (Å²) in [5.74, 6) is 0.245. The van der Waals surface area contributed by atoms with Crippen molar-refractivity contribution >= 4 is 22.4 Å². The van der Waals surface area contributed by atoms with Crippen LogP contribution in [0.2, 0.25) is 0 Å². The number of anilines is 1. The number of nitrogens with two attached hydrogens (primary N) is 1. The maximum absolute atomic E-state index is 11.1. The summed E-state index contributed by atoms with van der Waals surface area (Å²) >= 11 is 1.74. The van der Waals surface area contributed by atoms with Crippen LogP contribution in [0.25, 0.3) is 10.4 Å². The van der Waals surface area contributed by atoms with E-state index in [1.54, 1.807) is 11.3 Å². The minimum absolute atomic E-state index is 0.181. The fourth-order valence-corrected chi connectivity index (χ4v) is 3.97. The van der Waals surface area contributed by atoms with Gasteiger partial charge in [-0.25, -0.2) is 4.98 Å². The summed E-state index contributed by atoms with van der Waals surface area (Å²) in [4.78, 5) is 19.2. The number of carbonyl (C=O) groups excluding carboxylic acids is 1. The molecule has 0 radical (unpaired) electrons. The van der Waals surface area contributed by atoms with E-state index in [1.807, 2.05) is 12.3 Å². The summed E-state index contributed by atoms with van der Waals surface area (Å²) in [6.07, 6.45) is 5.67. The molecule has 2 aromatic rings. The second-order valence-corrected chi connectivity index (χ2v) is 6.84. The first-order valence-electron chi connectivity index (χ1n) is 7.77. The highest BCUT2D eigenvalue weighted by Crippen LogP contribution is 2.32. The van der Waals surface area contributed by atoms with Crippen LogP contribution in [0.15, 0.2) is 36.5 Å². The van der Waals surface area contributed by atoms with Gasteiger partial charge in [-0.2, -0.15) is 0 Å². The topological polar surface area (TPSA) is 59.2 Å². The molecule has 1 saturated heterocycles. The lowest BCUT2D eigenvalue weighted by Crippen LogP contribution is -2.24. The first kappa shape index (κ1) is 15.0. The van der Waals surface area contributed by atoms with E-state index in [2.05, 4.69) is 34.1 Å². The third kappa shape index (κ3) is 3.65. The standard InChI is InChI=1S/C17H21N3OS/c18-16(21)11-13-5-4-9-20(10-8-13)17-19-12-15(22-17)14-6-2-1-3-7-14/h1-3,6-7,12-13H,4-5,8-11H2,(H2,18,21). The van der Waals surface area contributed by atoms with Crippen LogP contribution < -0.4 is 10.6 Å². The Bertz CT molecular complexity index is 626. The molecule has 116 valence electrons. The molecule has 1 aliphatic rings. The molecular weight excluding hydrogens is 294 g/mol. The van der Waals surface area contributed by atoms with E-state index in [4.69, 9.17) is 5.73 Å². The normalized spacial score (nSPS) is 18.9. The van der Waals surface area contributed by atoms with Crippen LogP contribution in [0.3, 0.4) is 0 Å². The molecule has 2 heterocycles. The lowest BCUT2D eigenvalue weighted by atomic mass is 9.97. The van der Waals surface area contributed by atoms with E-state index in [0.29, 0.717) is 12.3 Å². The van der Waals surface area contributed by atoms with Crippen LogP contribution in [-0.2, 0) is 4.79 Å². The number of amides is 1. The van der Waals surface area contributed by atoms with Gasteiger partial charge >= 0.3 is 0 Å². The highest BCUT2D eigenvalue weighted by molar-refractivity contribution is 7.18. The summed E-state index contributed by atoms with van der Waals surface area (Å²) < 4.78 is 0. The molecule has 1 fully saturated rings. The van der Waals surface area contributed by atoms with Crippen molar-refractivity contribution in [2.45, 2.75) is 25.7 Å². The molecule has 2 N–H and O–H groups in total. The van der Waals surface area contributed by atoms with Gasteiger partial charge in [0.1, 0.15) is 0 Å². The SMILES string of the molecule is NC(=O)CC1CCCN(c2ncc(-c3ccccc3)s2)CC1. The average molecular weight is 315 g/mol. The highest BCUT2D eigenvalue weighted by Gasteiger charge is 2.20. The Labute approximate surface area is 135 Å². The monoisotopic (exact) mass is 315 g/mol. The number of aromatic nitrogens is 1. The van der Waals surface area contributed by atoms with Gasteiger partial charge in [-0.1, -0.05) is 41.7 Å². The average Bonchev–Trinajstić information content (AvgIpc) is 2.90. The maximum Gasteiger partial charge on any atom is 0.217 e. The van der Waals surface area contributed by atoms with Crippen molar-refractivity contribution in [2.24, 2.45) is 11.7 Å². The minimum atomic E-state index is -0.181. The van der Waals surface area contributed by atoms with Crippen LogP contribution >= 0.6 is 11.3 Å². The third-order valence-corrected chi connectivity index (χ3v) is 5.27. The number of benzene rings is 1. The predicted octanol–water partition coefficient (Wildman–Crippen LogP) is 3.29. The van der Waals surface area contributed by atoms with Crippen LogP contribution in [0.4, 0.5) is 5.13 Å². The Hall–Kier alpha value is -1.88. The van der Waals surface area contributed by atoms with Gasteiger partial charge in [0, 0.05) is 25.7 Å². The third-order valence-electron chi connectivity index (χ3n) is 4.16. The largest absolute Gasteiger partial charge is 0.370 e. The van der Waals surface area contributed by atoms with Gasteiger partial charge in [0.25, 0.3) is 0 Å². The molecule has 0 aliphatic carbocycles. The van der Waals surface area contributed by atoms with Gasteiger partial charge in [0.05, 0.1) is 4.88 Å². The molecule has 22 heavy (non-hydrogen) atoms. The van der Waals surface area contributed by atoms with Crippen LogP contribution in [0.5, 0.6) is 0 Å². The molecule has 0 bridgehead atoms. The first-order chi connectivity index (χ1) is 10.7. The first-order valence-corrected chi connectivity index (χ1v) is 8.58. The number of hydrogen-bond acceptors (Lipinski definition) is 4. The van der Waals surface area contributed by atoms with Gasteiger partial charge in [-0.05, 0) is 30.7 Å². The quantitative estimate of drug-likeness (QED) is 0.942. The lowest BCUT2D eigenvalue weighted by molar-refractivity contribution is -0.118. The van der Waals surface area contributed by atoms with E-state index in [1.165, 1.54) is 10.4 Å². The van der Waals surface area contributed by atoms with E-state index in [-0.39, 0.29) is 5.91 Å². The molecule has 4 nitrogen and oxygen atoms in total. The number of hydrogen-bond donors (Lipinski definition) is 1. The zero-order chi connectivity index (χ0) is 15.4. The van der Waals surface area contributed by atoms with Crippen LogP contribution in [0.1, 0.15) is 25.7 Å². The van der Waals surface area contributed by atoms with Gasteiger partial charge in [-0.3, -0.25) is 4.79 Å². The number of nitrogens with zero attached hydrogens (tertiary/aromatic N) is 2. The highest BCUT2D eigenvalue weighted by atomic mass is 32.1. The summed E-state index contributed by atoms with van der Waals surface area (Å²) in [5, 5.41) is 1.08. The van der Waals surface area contributed by atoms with E-state index < -0.39 is 0 Å². The Kier molecular flexibility index (Phi) is 4.73. The van der Waals surface area contributed by atoms with Gasteiger partial charge in [0.15, 0.2) is 5.13 Å². The zero-order valence-corrected chi connectivity index (χ0v) is 13.4. The summed E-state index contributed by atoms with van der Waals surface area (Å²) in [5.41, 5.74) is 6.54. The van der Waals surface area contributed by atoms with Crippen molar-refractivity contribution in [2.75, 3.05) is 18.0 Å². The zero-order valence-electron chi connectivity index (χ0n) is 12.6. The summed E-state index contributed by atoms with van der Waals surface area (Å²) in [7, 11) is 0. The number of thiazole rings is 1. The molecule has 1 aromatic heterocycles. The Morgan fingerprint density at radius 3 is 2.86 bits per heavy atom. The summed E-state index contributed by atoms with van der Waals surface area (Å²) in [6.45, 7) is 1.97. The molecule has 1 aliphatic heterocycles. The Morgan fingerprint density at radius 1 is 1.27 bits per heavy atom. The van der Waals surface area contributed by atoms with Crippen molar-refractivity contribution in [1.82, 2.24) is 4.98 Å². The van der Waals surface area contributed by atoms with Crippen molar-refractivity contribution in [3.8, 4) is 10.4 Å². The molecule has 5 heteroatoms. The number of rotatable bonds is 4. The molecule has 0 saturated carbocycles. The van der Waals surface area contributed by atoms with Crippen LogP contribution in [0, 0.1) is 5.92 Å². The Balaban J connectivity index is 1.67. The fourth-order valence-electron chi connectivity index (χ4n) is 2.99. The minimum Gasteiger partial charge on any atom is -0.370 e. The molecule has 1 aromatic carbocycles. The lowest BCUT2D eigenvalue weighted by Gasteiger charge is -2.19. The van der Waals surface area contributed by atoms with Crippen LogP contribution in [-0.4, -0.2) is 24.0 Å². The second kappa shape index (κ2) is 6.92. The van der Waals surface area contributed by atoms with Crippen molar-refractivity contribution in [3.63, 3.8) is 0 Å². The molecule has 0 spiro atoms. The Morgan fingerprint density at radius 2 is 2.09 bits per heavy atom. The van der Waals surface area contributed by atoms with E-state index >= 15 is 0 Å². The van der Waals surface area contributed by atoms with E-state index in [0.717, 1.165) is 37.5 Å². The molecule has 1 amide bonds. The number of carbonyl (C=O) groups is 1. The summed E-state index contributed by atoms with van der Waals surface area (Å²) in [6, 6.07) is 10.4. The maximum atomic E-state index is 11.1. The van der Waals surface area contributed by atoms with Gasteiger partial charge in [-0.15, -0.1) is 0 Å². The molecule has 3 rings (SSSR count). The second-order valence-electron chi connectivity index (χ2n) is 5.83. The molecule has 1 atom stereocenters. The van der Waals surface area contributed by atoms with E-state index in [9.17, 15) is 4.79 Å². The van der Waals surface area contributed by atoms with Gasteiger partial charge < -0.3 is 10.6 Å². The van der Waals surface area contributed by atoms with Gasteiger partial charge in [0.2, 0.25) is 5.91 Å². The smallest absolute Gasteiger partial charge is 0.217 e. The fraction of sp³-hybridized carbons (Fsp3) is 0.412. The van der Waals surface area contributed by atoms with Crippen molar-refractivity contribution in [1.29, 1.82) is 0 Å². The van der Waals surface area contributed by atoms with Crippen molar-refractivity contribution in [3.05, 3.63) is 36.5 Å².